The molecule has 0 aliphatic rings. The number of nitrogens with zero attached hydrogens (tertiary/aromatic N) is 1. The fraction of sp³-hybridized carbons (Fsp3) is 0. The highest BCUT2D eigenvalue weighted by Gasteiger charge is 1.77. The standard InChI is InChI=1S/CH2F2N/c1-4(2)3/h1H2/q+1. The molecular weight excluding hydrogens is 64.0 g/mol. The lowest BCUT2D eigenvalue weighted by molar-refractivity contribution is -0.847. The second kappa shape index (κ2) is 0.925. The molecule has 0 N–H and O–H groups in total. The van der Waals surface area contributed by atoms with Crippen LogP contribution in [0.25, 0.3) is 0 Å². The first kappa shape index (κ1) is 3.53. The third kappa shape index (κ3) is 1.95. The van der Waals surface area contributed by atoms with Crippen molar-refractivity contribution in [3.05, 3.63) is 0 Å². The third-order valence-electron chi connectivity index (χ3n) is 0. The van der Waals surface area contributed by atoms with E-state index in [0.29, 0.717) is 0 Å². The van der Waals surface area contributed by atoms with Crippen molar-refractivity contribution in [2.45, 2.75) is 0 Å². The predicted molar refractivity (Wildman–Crippen MR) is 9.60 cm³/mol. The number of hydrogen-bond donors (Lipinski definition) is 0. The summed E-state index contributed by atoms with van der Waals surface area (Å²) in [5.41, 5.74) is 0. The number of halogens is 2. The van der Waals surface area contributed by atoms with Crippen molar-refractivity contribution in [2.24, 2.45) is 0 Å². The average molecular weight is 66.0 g/mol. The summed E-state index contributed by atoms with van der Waals surface area (Å²) in [7, 11) is 0. The average Bonchev–Trinajstić information content (AvgIpc) is 0.811. The largest absolute Gasteiger partial charge is 0.232 e. The zero-order valence-electron chi connectivity index (χ0n) is 1.91. The maximum atomic E-state index is 10.1. The van der Waals surface area contributed by atoms with Gasteiger partial charge >= 0.3 is 0 Å². The van der Waals surface area contributed by atoms with Crippen LogP contribution < -0.4 is 0 Å². The van der Waals surface area contributed by atoms with Crippen LogP contribution >= 0.6 is 0 Å². The van der Waals surface area contributed by atoms with Gasteiger partial charge in [0.1, 0.15) is 8.96 Å². The van der Waals surface area contributed by atoms with Gasteiger partial charge < -0.3 is 0 Å². The van der Waals surface area contributed by atoms with Gasteiger partial charge in [-0.15, -0.1) is 0 Å². The van der Waals surface area contributed by atoms with E-state index in [0.717, 1.165) is 0 Å². The zero-order valence-corrected chi connectivity index (χ0v) is 1.91. The number of rotatable bonds is 0. The van der Waals surface area contributed by atoms with E-state index in [1.807, 2.05) is 0 Å². The maximum Gasteiger partial charge on any atom is 0.232 e. The highest BCUT2D eigenvalue weighted by Crippen LogP contribution is 1.61. The second-order valence-electron chi connectivity index (χ2n) is 0.303. The Labute approximate surface area is 22.0 Å². The van der Waals surface area contributed by atoms with Crippen LogP contribution in [-0.4, -0.2) is 11.7 Å². The summed E-state index contributed by atoms with van der Waals surface area (Å²) < 4.78 is 20.1. The molecule has 0 aromatic rings. The minimum atomic E-state index is -1.25. The minimum absolute atomic E-state index is 1.25. The third-order valence-corrected chi connectivity index (χ3v) is 0. The van der Waals surface area contributed by atoms with Crippen LogP contribution in [0.1, 0.15) is 0 Å². The molecule has 0 aliphatic carbocycles. The summed E-state index contributed by atoms with van der Waals surface area (Å²) in [6.07, 6.45) is 0. The molecule has 0 fully saturated rings. The van der Waals surface area contributed by atoms with Crippen molar-refractivity contribution in [1.29, 1.82) is 0 Å². The van der Waals surface area contributed by atoms with E-state index in [2.05, 4.69) is 6.72 Å². The Morgan fingerprint density at radius 2 is 1.50 bits per heavy atom. The first-order valence-corrected chi connectivity index (χ1v) is 0.654. The summed E-state index contributed by atoms with van der Waals surface area (Å²) in [5.74, 6) is 0. The molecule has 0 bridgehead atoms. The monoisotopic (exact) mass is 66.0 g/mol. The van der Waals surface area contributed by atoms with Gasteiger partial charge in [-0.2, -0.15) is 0 Å². The summed E-state index contributed by atoms with van der Waals surface area (Å²) in [6.45, 7) is 2.14. The summed E-state index contributed by atoms with van der Waals surface area (Å²) in [5, 5.41) is -1.25. The minimum Gasteiger partial charge on any atom is 0.140 e. The van der Waals surface area contributed by atoms with Gasteiger partial charge in [-0.3, -0.25) is 0 Å². The molecule has 24 valence electrons. The molecule has 4 heavy (non-hydrogen) atoms. The molecule has 0 saturated carbocycles. The van der Waals surface area contributed by atoms with Gasteiger partial charge in [-0.25, -0.2) is 0 Å². The molecule has 0 spiro atoms. The van der Waals surface area contributed by atoms with E-state index in [-0.39, 0.29) is 0 Å². The van der Waals surface area contributed by atoms with Gasteiger partial charge in [-0.05, 0) is 0 Å². The van der Waals surface area contributed by atoms with Gasteiger partial charge in [0, 0.05) is 0 Å². The Bertz CT molecular complexity index is 29.0. The van der Waals surface area contributed by atoms with Gasteiger partial charge in [-0.1, -0.05) is 0 Å². The van der Waals surface area contributed by atoms with Crippen molar-refractivity contribution >= 4 is 6.72 Å². The highest BCUT2D eigenvalue weighted by molar-refractivity contribution is 5.12. The molecule has 0 saturated heterocycles. The molecule has 0 unspecified atom stereocenters. The molecule has 0 rings (SSSR count). The van der Waals surface area contributed by atoms with Crippen LogP contribution in [0.5, 0.6) is 0 Å². The van der Waals surface area contributed by atoms with E-state index in [4.69, 9.17) is 0 Å². The zero-order chi connectivity index (χ0) is 3.58. The van der Waals surface area contributed by atoms with Crippen molar-refractivity contribution < 1.29 is 14.0 Å². The molecular formula is CH2F2N+. The van der Waals surface area contributed by atoms with Crippen LogP contribution in [0.3, 0.4) is 0 Å². The molecule has 0 aliphatic heterocycles. The van der Waals surface area contributed by atoms with Gasteiger partial charge in [0.05, 0.1) is 0 Å². The van der Waals surface area contributed by atoms with Crippen molar-refractivity contribution in [3.8, 4) is 0 Å². The quantitative estimate of drug-likeness (QED) is 0.285. The van der Waals surface area contributed by atoms with Crippen molar-refractivity contribution in [2.75, 3.05) is 0 Å². The maximum absolute atomic E-state index is 10.1. The lowest BCUT2D eigenvalue weighted by Crippen LogP contribution is -1.66. The first-order chi connectivity index (χ1) is 1.73. The summed E-state index contributed by atoms with van der Waals surface area (Å²) in [6, 6.07) is 0. The van der Waals surface area contributed by atoms with Gasteiger partial charge in [0.15, 0.2) is 0 Å². The second-order valence-corrected chi connectivity index (χ2v) is 0.303. The van der Waals surface area contributed by atoms with E-state index in [1.54, 1.807) is 0 Å². The normalized spacial score (nSPS) is 6.50. The molecule has 1 nitrogen and oxygen atoms in total. The molecule has 0 radical (unpaired) electrons. The van der Waals surface area contributed by atoms with Gasteiger partial charge in [0.2, 0.25) is 11.7 Å². The van der Waals surface area contributed by atoms with Crippen LogP contribution in [0, 0.1) is 0 Å². The molecule has 0 aromatic carbocycles. The van der Waals surface area contributed by atoms with E-state index >= 15 is 0 Å². The molecule has 0 amide bonds. The molecule has 0 heterocycles. The van der Waals surface area contributed by atoms with E-state index < -0.39 is 5.02 Å². The Hall–Kier alpha value is -0.470. The SMILES string of the molecule is C=[N+](F)F. The van der Waals surface area contributed by atoms with Crippen LogP contribution in [0.2, 0.25) is 0 Å². The van der Waals surface area contributed by atoms with Crippen LogP contribution in [0.4, 0.5) is 8.96 Å². The Morgan fingerprint density at radius 1 is 1.50 bits per heavy atom. The fourth-order valence-corrected chi connectivity index (χ4v) is 0. The van der Waals surface area contributed by atoms with Crippen molar-refractivity contribution in [3.63, 3.8) is 0 Å². The van der Waals surface area contributed by atoms with Crippen LogP contribution in [-0.2, 0) is 0 Å². The fourth-order valence-electron chi connectivity index (χ4n) is 0. The topological polar surface area (TPSA) is 3.01 Å². The lowest BCUT2D eigenvalue weighted by Gasteiger charge is -1.40. The Morgan fingerprint density at radius 3 is 1.50 bits per heavy atom. The molecule has 0 atom stereocenters. The summed E-state index contributed by atoms with van der Waals surface area (Å²) in [4.78, 5) is 0. The molecule has 3 heteroatoms. The Balaban J connectivity index is 2.80. The van der Waals surface area contributed by atoms with E-state index in [9.17, 15) is 8.96 Å². The predicted octanol–water partition coefficient (Wildman–Crippen LogP) is 0.469. The lowest BCUT2D eigenvalue weighted by atomic mass is 11.8. The molecule has 0 aromatic heterocycles. The highest BCUT2D eigenvalue weighted by atomic mass is 19.4. The van der Waals surface area contributed by atoms with Crippen LogP contribution in [0.15, 0.2) is 0 Å². The first-order valence-electron chi connectivity index (χ1n) is 0.654. The smallest absolute Gasteiger partial charge is 0.140 e. The summed E-state index contributed by atoms with van der Waals surface area (Å²) >= 11 is 0. The number of hydrogen-bond acceptors (Lipinski definition) is 0. The Kier molecular flexibility index (Phi) is 0.817. The van der Waals surface area contributed by atoms with Crippen molar-refractivity contribution in [1.82, 2.24) is 0 Å². The van der Waals surface area contributed by atoms with E-state index in [1.165, 1.54) is 0 Å². The van der Waals surface area contributed by atoms with Gasteiger partial charge in [0.25, 0.3) is 0 Å².